The van der Waals surface area contributed by atoms with Crippen molar-refractivity contribution in [1.82, 2.24) is 4.90 Å². The lowest BCUT2D eigenvalue weighted by Crippen LogP contribution is -2.36. The van der Waals surface area contributed by atoms with Crippen LogP contribution in [0.15, 0.2) is 36.4 Å². The van der Waals surface area contributed by atoms with Crippen LogP contribution in [0, 0.1) is 0 Å². The van der Waals surface area contributed by atoms with Gasteiger partial charge < -0.3 is 19.7 Å². The molecule has 152 valence electrons. The highest BCUT2D eigenvalue weighted by Crippen LogP contribution is 2.37. The number of benzene rings is 1. The van der Waals surface area contributed by atoms with Gasteiger partial charge in [-0.25, -0.2) is 9.59 Å². The van der Waals surface area contributed by atoms with Gasteiger partial charge in [0.15, 0.2) is 0 Å². The number of thiophene rings is 1. The monoisotopic (exact) mass is 414 g/mol. The molecule has 2 aromatic rings. The number of anilines is 1. The first-order chi connectivity index (χ1) is 14.0. The van der Waals surface area contributed by atoms with Gasteiger partial charge >= 0.3 is 12.1 Å². The number of esters is 1. The molecule has 0 unspecified atom stereocenters. The number of methoxy groups -OCH3 is 1. The summed E-state index contributed by atoms with van der Waals surface area (Å²) < 4.78 is 9.98. The zero-order valence-corrected chi connectivity index (χ0v) is 17.1. The van der Waals surface area contributed by atoms with E-state index in [4.69, 9.17) is 9.47 Å². The molecule has 8 heteroatoms. The molecule has 1 N–H and O–H groups in total. The predicted octanol–water partition coefficient (Wildman–Crippen LogP) is 3.70. The first-order valence-electron chi connectivity index (χ1n) is 9.22. The van der Waals surface area contributed by atoms with Crippen molar-refractivity contribution >= 4 is 40.4 Å². The number of hydrogen-bond acceptors (Lipinski definition) is 6. The molecule has 29 heavy (non-hydrogen) atoms. The topological polar surface area (TPSA) is 84.9 Å². The molecule has 0 radical (unpaired) electrons. The molecule has 0 aliphatic carbocycles. The van der Waals surface area contributed by atoms with Crippen LogP contribution in [0.5, 0.6) is 0 Å². The molecule has 1 aromatic heterocycles. The molecule has 0 bridgehead atoms. The van der Waals surface area contributed by atoms with Crippen molar-refractivity contribution in [2.24, 2.45) is 0 Å². The summed E-state index contributed by atoms with van der Waals surface area (Å²) in [6.45, 7) is 2.83. The molecule has 1 aliphatic rings. The van der Waals surface area contributed by atoms with Crippen LogP contribution < -0.4 is 5.32 Å². The van der Waals surface area contributed by atoms with Crippen LogP contribution >= 0.6 is 11.3 Å². The molecule has 0 saturated carbocycles. The van der Waals surface area contributed by atoms with Crippen molar-refractivity contribution in [3.8, 4) is 0 Å². The van der Waals surface area contributed by atoms with E-state index in [0.29, 0.717) is 36.7 Å². The van der Waals surface area contributed by atoms with E-state index in [1.165, 1.54) is 24.5 Å². The summed E-state index contributed by atoms with van der Waals surface area (Å²) >= 11 is 1.28. The van der Waals surface area contributed by atoms with E-state index in [0.717, 1.165) is 16.0 Å². The number of nitrogens with zero attached hydrogens (tertiary/aromatic N) is 1. The standard InChI is InChI=1S/C21H22N2O5S/c1-3-28-21(26)23-12-11-15-16(13-23)29-19(18(15)20(25)27-2)22-17(24)10-9-14-7-5-4-6-8-14/h4-10H,3,11-13H2,1-2H3,(H,22,24)/b10-9+. The summed E-state index contributed by atoms with van der Waals surface area (Å²) in [6.07, 6.45) is 3.22. The van der Waals surface area contributed by atoms with Gasteiger partial charge in [0.1, 0.15) is 5.00 Å². The summed E-state index contributed by atoms with van der Waals surface area (Å²) in [4.78, 5) is 39.2. The van der Waals surface area contributed by atoms with Gasteiger partial charge in [0, 0.05) is 17.5 Å². The Morgan fingerprint density at radius 2 is 2.00 bits per heavy atom. The first-order valence-corrected chi connectivity index (χ1v) is 10.0. The number of hydrogen-bond donors (Lipinski definition) is 1. The number of nitrogens with one attached hydrogen (secondary N) is 1. The third kappa shape index (κ3) is 4.83. The number of fused-ring (bicyclic) bond motifs is 1. The van der Waals surface area contributed by atoms with E-state index in [-0.39, 0.29) is 12.0 Å². The fourth-order valence-corrected chi connectivity index (χ4v) is 4.32. The van der Waals surface area contributed by atoms with Crippen molar-refractivity contribution in [1.29, 1.82) is 0 Å². The van der Waals surface area contributed by atoms with Gasteiger partial charge in [0.2, 0.25) is 5.91 Å². The van der Waals surface area contributed by atoms with E-state index in [9.17, 15) is 14.4 Å². The maximum atomic E-state index is 12.4. The summed E-state index contributed by atoms with van der Waals surface area (Å²) in [7, 11) is 1.31. The molecule has 2 amide bonds. The Kier molecular flexibility index (Phi) is 6.66. The second kappa shape index (κ2) is 9.38. The van der Waals surface area contributed by atoms with Crippen molar-refractivity contribution in [2.75, 3.05) is 25.6 Å². The van der Waals surface area contributed by atoms with Crippen LogP contribution in [0.1, 0.15) is 33.3 Å². The van der Waals surface area contributed by atoms with E-state index in [2.05, 4.69) is 5.32 Å². The van der Waals surface area contributed by atoms with Gasteiger partial charge in [0.05, 0.1) is 25.8 Å². The van der Waals surface area contributed by atoms with E-state index < -0.39 is 5.97 Å². The molecule has 0 saturated heterocycles. The fraction of sp³-hybridized carbons (Fsp3) is 0.286. The van der Waals surface area contributed by atoms with Crippen molar-refractivity contribution in [3.05, 3.63) is 58.0 Å². The second-order valence-corrected chi connectivity index (χ2v) is 7.41. The lowest BCUT2D eigenvalue weighted by Gasteiger charge is -2.26. The third-order valence-electron chi connectivity index (χ3n) is 4.44. The smallest absolute Gasteiger partial charge is 0.410 e. The zero-order valence-electron chi connectivity index (χ0n) is 16.3. The van der Waals surface area contributed by atoms with Gasteiger partial charge in [-0.1, -0.05) is 30.3 Å². The molecular formula is C21H22N2O5S. The molecule has 1 aliphatic heterocycles. The largest absolute Gasteiger partial charge is 0.465 e. The molecule has 0 atom stereocenters. The van der Waals surface area contributed by atoms with Crippen LogP contribution in [0.3, 0.4) is 0 Å². The van der Waals surface area contributed by atoms with Gasteiger partial charge in [-0.15, -0.1) is 11.3 Å². The summed E-state index contributed by atoms with van der Waals surface area (Å²) in [5, 5.41) is 3.21. The molecule has 2 heterocycles. The Balaban J connectivity index is 1.81. The molecule has 1 aromatic carbocycles. The van der Waals surface area contributed by atoms with Gasteiger partial charge in [0.25, 0.3) is 0 Å². The number of rotatable bonds is 5. The van der Waals surface area contributed by atoms with E-state index in [1.807, 2.05) is 30.3 Å². The Hall–Kier alpha value is -3.13. The number of ether oxygens (including phenoxy) is 2. The minimum Gasteiger partial charge on any atom is -0.465 e. The van der Waals surface area contributed by atoms with E-state index >= 15 is 0 Å². The van der Waals surface area contributed by atoms with Gasteiger partial charge in [-0.2, -0.15) is 0 Å². The molecule has 0 fully saturated rings. The SMILES string of the molecule is CCOC(=O)N1CCc2c(sc(NC(=O)/C=C/c3ccccc3)c2C(=O)OC)C1. The Morgan fingerprint density at radius 3 is 2.69 bits per heavy atom. The maximum absolute atomic E-state index is 12.4. The average molecular weight is 414 g/mol. The zero-order chi connectivity index (χ0) is 20.8. The van der Waals surface area contributed by atoms with Crippen LogP contribution in [-0.2, 0) is 27.2 Å². The summed E-state index contributed by atoms with van der Waals surface area (Å²) in [5.74, 6) is -0.853. The Labute approximate surface area is 172 Å². The predicted molar refractivity (Wildman–Crippen MR) is 111 cm³/mol. The quantitative estimate of drug-likeness (QED) is 0.596. The number of carbonyl (C=O) groups excluding carboxylic acids is 3. The highest BCUT2D eigenvalue weighted by Gasteiger charge is 2.31. The van der Waals surface area contributed by atoms with Gasteiger partial charge in [-0.05, 0) is 30.5 Å². The lowest BCUT2D eigenvalue weighted by molar-refractivity contribution is -0.111. The number of carbonyl (C=O) groups is 3. The normalized spacial score (nSPS) is 13.1. The summed E-state index contributed by atoms with van der Waals surface area (Å²) in [6, 6.07) is 9.44. The van der Waals surface area contributed by atoms with Crippen LogP contribution in [-0.4, -0.2) is 43.1 Å². The van der Waals surface area contributed by atoms with Crippen molar-refractivity contribution in [2.45, 2.75) is 19.9 Å². The van der Waals surface area contributed by atoms with Gasteiger partial charge in [-0.3, -0.25) is 4.79 Å². The number of amides is 2. The van der Waals surface area contributed by atoms with Crippen LogP contribution in [0.25, 0.3) is 6.08 Å². The molecule has 3 rings (SSSR count). The highest BCUT2D eigenvalue weighted by atomic mass is 32.1. The maximum Gasteiger partial charge on any atom is 0.410 e. The van der Waals surface area contributed by atoms with E-state index in [1.54, 1.807) is 17.9 Å². The van der Waals surface area contributed by atoms with Crippen molar-refractivity contribution < 1.29 is 23.9 Å². The minimum absolute atomic E-state index is 0.301. The second-order valence-electron chi connectivity index (χ2n) is 6.30. The summed E-state index contributed by atoms with van der Waals surface area (Å²) in [5.41, 5.74) is 2.06. The highest BCUT2D eigenvalue weighted by molar-refractivity contribution is 7.17. The minimum atomic E-state index is -0.505. The molecule has 0 spiro atoms. The Bertz CT molecular complexity index is 936. The fourth-order valence-electron chi connectivity index (χ4n) is 3.07. The van der Waals surface area contributed by atoms with Crippen LogP contribution in [0.4, 0.5) is 9.80 Å². The average Bonchev–Trinajstić information content (AvgIpc) is 3.09. The Morgan fingerprint density at radius 1 is 1.24 bits per heavy atom. The third-order valence-corrected chi connectivity index (χ3v) is 5.57. The van der Waals surface area contributed by atoms with Crippen LogP contribution in [0.2, 0.25) is 0 Å². The molecular weight excluding hydrogens is 392 g/mol. The first kappa shape index (κ1) is 20.6. The lowest BCUT2D eigenvalue weighted by atomic mass is 10.0. The van der Waals surface area contributed by atoms with Crippen molar-refractivity contribution in [3.63, 3.8) is 0 Å². The molecule has 7 nitrogen and oxygen atoms in total.